The van der Waals surface area contributed by atoms with E-state index in [9.17, 15) is 13.2 Å². The quantitative estimate of drug-likeness (QED) is 0.498. The third-order valence-corrected chi connectivity index (χ3v) is 4.62. The summed E-state index contributed by atoms with van der Waals surface area (Å²) in [5, 5.41) is 1.54. The molecule has 1 aromatic heterocycles. The van der Waals surface area contributed by atoms with Gasteiger partial charge in [-0.2, -0.15) is 13.2 Å². The molecule has 0 saturated carbocycles. The van der Waals surface area contributed by atoms with Crippen LogP contribution in [0.25, 0.3) is 10.9 Å². The van der Waals surface area contributed by atoms with E-state index in [1.165, 1.54) is 12.1 Å². The van der Waals surface area contributed by atoms with Crippen molar-refractivity contribution >= 4 is 38.4 Å². The Kier molecular flexibility index (Phi) is 3.95. The Morgan fingerprint density at radius 1 is 1.09 bits per heavy atom. The van der Waals surface area contributed by atoms with E-state index in [2.05, 4.69) is 15.9 Å². The number of hydrogen-bond donors (Lipinski definition) is 0. The maximum Gasteiger partial charge on any atom is 0.416 e. The summed E-state index contributed by atoms with van der Waals surface area (Å²) in [7, 11) is 0. The number of rotatable bonds is 2. The van der Waals surface area contributed by atoms with E-state index in [4.69, 9.17) is 11.6 Å². The summed E-state index contributed by atoms with van der Waals surface area (Å²) in [5.41, 5.74) is 0.833. The second kappa shape index (κ2) is 5.63. The van der Waals surface area contributed by atoms with Crippen LogP contribution in [-0.4, -0.2) is 4.57 Å². The summed E-state index contributed by atoms with van der Waals surface area (Å²) in [6, 6.07) is 10.9. The van der Waals surface area contributed by atoms with Gasteiger partial charge in [0.1, 0.15) is 0 Å². The van der Waals surface area contributed by atoms with Crippen molar-refractivity contribution in [2.24, 2.45) is 0 Å². The fourth-order valence-electron chi connectivity index (χ4n) is 2.37. The Morgan fingerprint density at radius 2 is 1.86 bits per heavy atom. The number of nitrogens with zero attached hydrogens (tertiary/aromatic N) is 1. The van der Waals surface area contributed by atoms with Crippen molar-refractivity contribution in [2.75, 3.05) is 0 Å². The van der Waals surface area contributed by atoms with Crippen LogP contribution in [0.4, 0.5) is 13.2 Å². The van der Waals surface area contributed by atoms with Gasteiger partial charge < -0.3 is 4.57 Å². The molecule has 1 heterocycles. The van der Waals surface area contributed by atoms with Crippen LogP contribution in [0.1, 0.15) is 11.1 Å². The lowest BCUT2D eigenvalue weighted by Gasteiger charge is -2.10. The summed E-state index contributed by atoms with van der Waals surface area (Å²) in [5.74, 6) is 0. The van der Waals surface area contributed by atoms with Crippen LogP contribution in [0.2, 0.25) is 5.02 Å². The van der Waals surface area contributed by atoms with Crippen molar-refractivity contribution in [1.82, 2.24) is 4.57 Å². The smallest absolute Gasteiger partial charge is 0.343 e. The van der Waals surface area contributed by atoms with Gasteiger partial charge in [-0.05, 0) is 51.8 Å². The summed E-state index contributed by atoms with van der Waals surface area (Å²) < 4.78 is 41.0. The van der Waals surface area contributed by atoms with Crippen molar-refractivity contribution in [3.8, 4) is 0 Å². The van der Waals surface area contributed by atoms with Crippen molar-refractivity contribution in [3.05, 3.63) is 69.3 Å². The van der Waals surface area contributed by atoms with Gasteiger partial charge in [-0.1, -0.05) is 23.7 Å². The highest BCUT2D eigenvalue weighted by Crippen LogP contribution is 2.31. The van der Waals surface area contributed by atoms with E-state index in [0.717, 1.165) is 21.4 Å². The SMILES string of the molecule is FC(F)(F)c1cccc(Cn2ccc3cc(Br)c(Cl)cc32)c1. The molecule has 0 N–H and O–H groups in total. The first-order valence-corrected chi connectivity index (χ1v) is 7.62. The van der Waals surface area contributed by atoms with E-state index >= 15 is 0 Å². The molecule has 22 heavy (non-hydrogen) atoms. The van der Waals surface area contributed by atoms with E-state index < -0.39 is 11.7 Å². The number of alkyl halides is 3. The first-order chi connectivity index (χ1) is 10.3. The molecule has 0 fully saturated rings. The second-order valence-corrected chi connectivity index (χ2v) is 6.23. The molecule has 0 aliphatic heterocycles. The van der Waals surface area contributed by atoms with Crippen LogP contribution in [0.3, 0.4) is 0 Å². The molecule has 0 amide bonds. The standard InChI is InChI=1S/C16H10BrClF3N/c17-13-7-11-4-5-22(15(11)8-14(13)18)9-10-2-1-3-12(6-10)16(19,20)21/h1-8H,9H2. The van der Waals surface area contributed by atoms with Crippen molar-refractivity contribution in [1.29, 1.82) is 0 Å². The Hall–Kier alpha value is -1.46. The first kappa shape index (κ1) is 15.4. The van der Waals surface area contributed by atoms with Crippen LogP contribution in [0.15, 0.2) is 53.1 Å². The molecule has 2 aromatic carbocycles. The minimum Gasteiger partial charge on any atom is -0.343 e. The molecule has 0 aliphatic rings. The molecule has 0 saturated heterocycles. The topological polar surface area (TPSA) is 4.93 Å². The fourth-order valence-corrected chi connectivity index (χ4v) is 2.88. The lowest BCUT2D eigenvalue weighted by molar-refractivity contribution is -0.137. The van der Waals surface area contributed by atoms with Crippen LogP contribution in [0.5, 0.6) is 0 Å². The summed E-state index contributed by atoms with van der Waals surface area (Å²) in [6.45, 7) is 0.353. The fraction of sp³-hybridized carbons (Fsp3) is 0.125. The lowest BCUT2D eigenvalue weighted by Crippen LogP contribution is -2.06. The molecule has 0 spiro atoms. The molecular formula is C16H10BrClF3N. The van der Waals surface area contributed by atoms with Gasteiger partial charge in [-0.15, -0.1) is 0 Å². The predicted molar refractivity (Wildman–Crippen MR) is 85.2 cm³/mol. The van der Waals surface area contributed by atoms with E-state index in [1.54, 1.807) is 12.1 Å². The van der Waals surface area contributed by atoms with Gasteiger partial charge in [0.05, 0.1) is 10.6 Å². The molecule has 0 aliphatic carbocycles. The zero-order chi connectivity index (χ0) is 15.9. The highest BCUT2D eigenvalue weighted by atomic mass is 79.9. The maximum absolute atomic E-state index is 12.8. The summed E-state index contributed by atoms with van der Waals surface area (Å²) in [6.07, 6.45) is -2.49. The average molecular weight is 389 g/mol. The highest BCUT2D eigenvalue weighted by molar-refractivity contribution is 9.10. The Balaban J connectivity index is 1.99. The molecule has 0 bridgehead atoms. The van der Waals surface area contributed by atoms with Crippen molar-refractivity contribution < 1.29 is 13.2 Å². The third-order valence-electron chi connectivity index (χ3n) is 3.42. The first-order valence-electron chi connectivity index (χ1n) is 6.44. The molecule has 0 radical (unpaired) electrons. The second-order valence-electron chi connectivity index (χ2n) is 4.97. The maximum atomic E-state index is 12.8. The van der Waals surface area contributed by atoms with Crippen molar-refractivity contribution in [2.45, 2.75) is 12.7 Å². The largest absolute Gasteiger partial charge is 0.416 e. The predicted octanol–water partition coefficient (Wildman–Crippen LogP) is 6.12. The average Bonchev–Trinajstić information content (AvgIpc) is 2.81. The van der Waals surface area contributed by atoms with Gasteiger partial charge >= 0.3 is 6.18 Å². The third kappa shape index (κ3) is 3.01. The minimum absolute atomic E-state index is 0.353. The normalized spacial score (nSPS) is 12.0. The molecule has 3 rings (SSSR count). The van der Waals surface area contributed by atoms with Gasteiger partial charge in [-0.3, -0.25) is 0 Å². The molecule has 3 aromatic rings. The number of hydrogen-bond acceptors (Lipinski definition) is 0. The molecule has 114 valence electrons. The van der Waals surface area contributed by atoms with Crippen LogP contribution in [-0.2, 0) is 12.7 Å². The monoisotopic (exact) mass is 387 g/mol. The molecule has 0 unspecified atom stereocenters. The Bertz CT molecular complexity index is 839. The number of fused-ring (bicyclic) bond motifs is 1. The van der Waals surface area contributed by atoms with Gasteiger partial charge in [0, 0.05) is 28.1 Å². The summed E-state index contributed by atoms with van der Waals surface area (Å²) in [4.78, 5) is 0. The molecule has 0 atom stereocenters. The molecule has 1 nitrogen and oxygen atoms in total. The van der Waals surface area contributed by atoms with Crippen LogP contribution < -0.4 is 0 Å². The molecule has 6 heteroatoms. The zero-order valence-corrected chi connectivity index (χ0v) is 13.5. The van der Waals surface area contributed by atoms with Crippen LogP contribution in [0, 0.1) is 0 Å². The van der Waals surface area contributed by atoms with Gasteiger partial charge in [0.15, 0.2) is 0 Å². The minimum atomic E-state index is -4.33. The Labute approximate surface area is 138 Å². The van der Waals surface area contributed by atoms with E-state index in [-0.39, 0.29) is 0 Å². The highest BCUT2D eigenvalue weighted by Gasteiger charge is 2.30. The van der Waals surface area contributed by atoms with E-state index in [1.807, 2.05) is 22.9 Å². The summed E-state index contributed by atoms with van der Waals surface area (Å²) >= 11 is 9.45. The number of halogens is 5. The van der Waals surface area contributed by atoms with Gasteiger partial charge in [0.25, 0.3) is 0 Å². The van der Waals surface area contributed by atoms with Gasteiger partial charge in [0.2, 0.25) is 0 Å². The van der Waals surface area contributed by atoms with Gasteiger partial charge in [-0.25, -0.2) is 0 Å². The van der Waals surface area contributed by atoms with E-state index in [0.29, 0.717) is 17.1 Å². The lowest BCUT2D eigenvalue weighted by atomic mass is 10.1. The van der Waals surface area contributed by atoms with Crippen LogP contribution >= 0.6 is 27.5 Å². The Morgan fingerprint density at radius 3 is 2.59 bits per heavy atom. The number of benzene rings is 2. The zero-order valence-electron chi connectivity index (χ0n) is 11.2. The number of aromatic nitrogens is 1. The van der Waals surface area contributed by atoms with Crippen molar-refractivity contribution in [3.63, 3.8) is 0 Å². The molecular weight excluding hydrogens is 379 g/mol.